The zero-order valence-electron chi connectivity index (χ0n) is 36.2. The van der Waals surface area contributed by atoms with Crippen LogP contribution in [0.1, 0.15) is 194 Å². The van der Waals surface area contributed by atoms with Gasteiger partial charge in [-0.1, -0.05) is 141 Å². The molecule has 6 atom stereocenters. The maximum Gasteiger partial charge on any atom is 0.306 e. The van der Waals surface area contributed by atoms with E-state index in [2.05, 4.69) is 38.2 Å². The fourth-order valence-electron chi connectivity index (χ4n) is 6.90. The number of carbonyl (C=O) groups excluding carboxylic acids is 2. The van der Waals surface area contributed by atoms with Gasteiger partial charge in [0.05, 0.1) is 6.61 Å². The fraction of sp³-hybridized carbons (Fsp3) is 0.867. The van der Waals surface area contributed by atoms with E-state index in [9.17, 15) is 37.9 Å². The van der Waals surface area contributed by atoms with E-state index in [1.807, 2.05) is 0 Å². The summed E-state index contributed by atoms with van der Waals surface area (Å²) in [7, 11) is -4.60. The molecule has 0 radical (unpaired) electrons. The highest BCUT2D eigenvalue weighted by molar-refractivity contribution is 7.85. The van der Waals surface area contributed by atoms with Gasteiger partial charge >= 0.3 is 11.9 Å². The molecule has 1 heterocycles. The third-order valence-electron chi connectivity index (χ3n) is 10.5. The summed E-state index contributed by atoms with van der Waals surface area (Å²) in [5.41, 5.74) is 0. The van der Waals surface area contributed by atoms with Crippen molar-refractivity contribution in [2.24, 2.45) is 0 Å². The van der Waals surface area contributed by atoms with Crippen molar-refractivity contribution >= 4 is 22.1 Å². The zero-order valence-corrected chi connectivity index (χ0v) is 37.0. The minimum atomic E-state index is -4.60. The van der Waals surface area contributed by atoms with Gasteiger partial charge in [0.1, 0.15) is 36.8 Å². The topological polar surface area (TPSA) is 186 Å². The largest absolute Gasteiger partial charge is 0.462 e. The molecule has 0 saturated carbocycles. The molecule has 0 aromatic carbocycles. The van der Waals surface area contributed by atoms with Crippen LogP contribution in [0.4, 0.5) is 0 Å². The van der Waals surface area contributed by atoms with Gasteiger partial charge in [0, 0.05) is 12.8 Å². The van der Waals surface area contributed by atoms with E-state index in [1.54, 1.807) is 0 Å². The molecule has 1 fully saturated rings. The quantitative estimate of drug-likeness (QED) is 0.0200. The molecule has 12 nitrogen and oxygen atoms in total. The van der Waals surface area contributed by atoms with Crippen LogP contribution in [0.3, 0.4) is 0 Å². The van der Waals surface area contributed by atoms with E-state index in [1.165, 1.54) is 83.5 Å². The van der Waals surface area contributed by atoms with Crippen molar-refractivity contribution in [1.29, 1.82) is 0 Å². The van der Waals surface area contributed by atoms with Crippen LogP contribution in [0.2, 0.25) is 0 Å². The Morgan fingerprint density at radius 2 is 0.983 bits per heavy atom. The SMILES string of the molecule is CCCCCC/C=C/CCCCCCCCCC(=O)O[C@H](COC(=O)CCCCCCC/C=C/CCCCCCCC)CO[C@H]1O[C@H](CS(=O)(=O)O)[C@@H](O)C(O)C1O. The number of allylic oxidation sites excluding steroid dienone is 4. The van der Waals surface area contributed by atoms with E-state index in [-0.39, 0.29) is 19.4 Å². The maximum absolute atomic E-state index is 12.8. The molecular weight excluding hydrogens is 765 g/mol. The van der Waals surface area contributed by atoms with E-state index in [4.69, 9.17) is 18.9 Å². The number of rotatable bonds is 38. The summed E-state index contributed by atoms with van der Waals surface area (Å²) in [6, 6.07) is 0. The third-order valence-corrected chi connectivity index (χ3v) is 11.3. The van der Waals surface area contributed by atoms with E-state index < -0.39 is 71.2 Å². The van der Waals surface area contributed by atoms with Crippen LogP contribution in [0, 0.1) is 0 Å². The minimum Gasteiger partial charge on any atom is -0.462 e. The van der Waals surface area contributed by atoms with Gasteiger partial charge in [0.15, 0.2) is 12.4 Å². The monoisotopic (exact) mass is 847 g/mol. The molecule has 0 amide bonds. The van der Waals surface area contributed by atoms with Gasteiger partial charge in [-0.2, -0.15) is 8.42 Å². The van der Waals surface area contributed by atoms with Crippen molar-refractivity contribution in [3.8, 4) is 0 Å². The predicted molar refractivity (Wildman–Crippen MR) is 229 cm³/mol. The lowest BCUT2D eigenvalue weighted by molar-refractivity contribution is -0.297. The average Bonchev–Trinajstić information content (AvgIpc) is 3.18. The van der Waals surface area contributed by atoms with Crippen molar-refractivity contribution < 1.29 is 56.8 Å². The van der Waals surface area contributed by atoms with Gasteiger partial charge < -0.3 is 34.3 Å². The minimum absolute atomic E-state index is 0.159. The van der Waals surface area contributed by atoms with Crippen molar-refractivity contribution in [2.75, 3.05) is 19.0 Å². The Bertz CT molecular complexity index is 1180. The first-order valence-electron chi connectivity index (χ1n) is 22.9. The molecule has 1 saturated heterocycles. The Balaban J connectivity index is 2.45. The summed E-state index contributed by atoms with van der Waals surface area (Å²) >= 11 is 0. The summed E-state index contributed by atoms with van der Waals surface area (Å²) in [5.74, 6) is -1.99. The number of hydrogen-bond donors (Lipinski definition) is 4. The van der Waals surface area contributed by atoms with E-state index in [0.717, 1.165) is 70.6 Å². The highest BCUT2D eigenvalue weighted by Gasteiger charge is 2.46. The number of unbranched alkanes of at least 4 members (excludes halogenated alkanes) is 22. The summed E-state index contributed by atoms with van der Waals surface area (Å²) in [6.45, 7) is 3.73. The van der Waals surface area contributed by atoms with E-state index in [0.29, 0.717) is 12.8 Å². The third kappa shape index (κ3) is 30.2. The summed E-state index contributed by atoms with van der Waals surface area (Å²) in [6.07, 6.45) is 29.3. The lowest BCUT2D eigenvalue weighted by atomic mass is 10.00. The molecule has 2 unspecified atom stereocenters. The molecular formula is C45H82O12S. The van der Waals surface area contributed by atoms with Gasteiger partial charge in [-0.15, -0.1) is 0 Å². The first-order chi connectivity index (χ1) is 28.0. The number of aliphatic hydroxyl groups is 3. The van der Waals surface area contributed by atoms with Crippen LogP contribution in [0.25, 0.3) is 0 Å². The van der Waals surface area contributed by atoms with Gasteiger partial charge in [0.2, 0.25) is 0 Å². The Morgan fingerprint density at radius 1 is 0.569 bits per heavy atom. The number of esters is 2. The fourth-order valence-corrected chi connectivity index (χ4v) is 7.59. The highest BCUT2D eigenvalue weighted by atomic mass is 32.2. The summed E-state index contributed by atoms with van der Waals surface area (Å²) < 4.78 is 54.0. The molecule has 1 aliphatic rings. The average molecular weight is 847 g/mol. The molecule has 4 N–H and O–H groups in total. The first-order valence-corrected chi connectivity index (χ1v) is 24.5. The van der Waals surface area contributed by atoms with Crippen LogP contribution in [-0.2, 0) is 38.7 Å². The lowest BCUT2D eigenvalue weighted by Gasteiger charge is -2.40. The molecule has 13 heteroatoms. The van der Waals surface area contributed by atoms with Crippen LogP contribution in [0.5, 0.6) is 0 Å². The van der Waals surface area contributed by atoms with Crippen LogP contribution in [-0.4, -0.2) is 96.0 Å². The lowest BCUT2D eigenvalue weighted by Crippen LogP contribution is -2.60. The van der Waals surface area contributed by atoms with Crippen molar-refractivity contribution in [1.82, 2.24) is 0 Å². The normalized spacial score (nSPS) is 20.6. The number of aliphatic hydroxyl groups excluding tert-OH is 3. The van der Waals surface area contributed by atoms with E-state index >= 15 is 0 Å². The van der Waals surface area contributed by atoms with Gasteiger partial charge in [0.25, 0.3) is 10.1 Å². The standard InChI is InChI=1S/C45H82O12S/c1-3-5-7-9-11-13-15-17-19-21-23-25-27-29-31-33-40(46)54-35-38(36-55-45-44(50)43(49)42(48)39(57-45)37-58(51,52)53)56-41(47)34-32-30-28-26-24-22-20-18-16-14-12-10-8-6-4-2/h14,16-17,19,38-39,42-45,48-50H,3-13,15,18,20-37H2,1-2H3,(H,51,52,53)/b16-14+,19-17+/t38-,39-,42-,43?,44?,45+/m1/s1. The molecule has 58 heavy (non-hydrogen) atoms. The molecule has 0 aliphatic carbocycles. The molecule has 0 bridgehead atoms. The summed E-state index contributed by atoms with van der Waals surface area (Å²) in [5, 5.41) is 30.9. The Kier molecular flexibility index (Phi) is 33.5. The van der Waals surface area contributed by atoms with Crippen LogP contribution >= 0.6 is 0 Å². The molecule has 1 rings (SSSR count). The molecule has 340 valence electrons. The number of ether oxygens (including phenoxy) is 4. The Labute approximate surface area is 351 Å². The van der Waals surface area contributed by atoms with Gasteiger partial charge in [-0.05, 0) is 64.2 Å². The van der Waals surface area contributed by atoms with Crippen molar-refractivity contribution in [3.05, 3.63) is 24.3 Å². The van der Waals surface area contributed by atoms with Gasteiger partial charge in [-0.25, -0.2) is 0 Å². The van der Waals surface area contributed by atoms with Gasteiger partial charge in [-0.3, -0.25) is 14.1 Å². The zero-order chi connectivity index (χ0) is 42.7. The smallest absolute Gasteiger partial charge is 0.306 e. The number of hydrogen-bond acceptors (Lipinski definition) is 11. The van der Waals surface area contributed by atoms with Crippen LogP contribution < -0.4 is 0 Å². The van der Waals surface area contributed by atoms with Crippen molar-refractivity contribution in [3.63, 3.8) is 0 Å². The Morgan fingerprint density at radius 3 is 1.45 bits per heavy atom. The highest BCUT2D eigenvalue weighted by Crippen LogP contribution is 2.24. The second-order valence-corrected chi connectivity index (χ2v) is 17.6. The second kappa shape index (κ2) is 35.8. The van der Waals surface area contributed by atoms with Crippen LogP contribution in [0.15, 0.2) is 24.3 Å². The maximum atomic E-state index is 12.8. The molecule has 0 aromatic heterocycles. The van der Waals surface area contributed by atoms with Crippen molar-refractivity contribution in [2.45, 2.75) is 230 Å². The molecule has 1 aliphatic heterocycles. The molecule has 0 aromatic rings. The molecule has 0 spiro atoms. The predicted octanol–water partition coefficient (Wildman–Crippen LogP) is 9.23. The second-order valence-electron chi connectivity index (χ2n) is 16.1. The number of carbonyl (C=O) groups is 2. The Hall–Kier alpha value is -1.87. The first kappa shape index (κ1) is 54.1. The summed E-state index contributed by atoms with van der Waals surface area (Å²) in [4.78, 5) is 25.4.